The van der Waals surface area contributed by atoms with Crippen LogP contribution in [0.2, 0.25) is 5.02 Å². The molecule has 1 amide bonds. The van der Waals surface area contributed by atoms with Gasteiger partial charge in [0.2, 0.25) is 5.91 Å². The van der Waals surface area contributed by atoms with Crippen LogP contribution in [0, 0.1) is 6.92 Å². The second-order valence-corrected chi connectivity index (χ2v) is 5.40. The zero-order valence-corrected chi connectivity index (χ0v) is 12.3. The van der Waals surface area contributed by atoms with E-state index in [0.29, 0.717) is 23.7 Å². The summed E-state index contributed by atoms with van der Waals surface area (Å²) in [7, 11) is 0. The highest BCUT2D eigenvalue weighted by Gasteiger charge is 2.17. The summed E-state index contributed by atoms with van der Waals surface area (Å²) in [6.07, 6.45) is 0.634. The van der Waals surface area contributed by atoms with E-state index < -0.39 is 5.60 Å². The lowest BCUT2D eigenvalue weighted by atomic mass is 10.0. The van der Waals surface area contributed by atoms with Gasteiger partial charge in [-0.2, -0.15) is 0 Å². The lowest BCUT2D eigenvalue weighted by molar-refractivity contribution is -0.115. The van der Waals surface area contributed by atoms with Crippen molar-refractivity contribution in [3.8, 4) is 0 Å². The highest BCUT2D eigenvalue weighted by atomic mass is 35.5. The van der Waals surface area contributed by atoms with Gasteiger partial charge in [-0.1, -0.05) is 24.6 Å². The molecule has 0 aliphatic rings. The van der Waals surface area contributed by atoms with Crippen molar-refractivity contribution in [3.63, 3.8) is 0 Å². The topological polar surface area (TPSA) is 61.4 Å². The molecule has 0 saturated heterocycles. The highest BCUT2D eigenvalue weighted by Crippen LogP contribution is 2.19. The molecule has 1 rings (SSSR count). The monoisotopic (exact) mass is 284 g/mol. The lowest BCUT2D eigenvalue weighted by Gasteiger charge is -2.21. The van der Waals surface area contributed by atoms with Crippen molar-refractivity contribution >= 4 is 23.2 Å². The van der Waals surface area contributed by atoms with E-state index >= 15 is 0 Å². The molecule has 3 N–H and O–H groups in total. The Morgan fingerprint density at radius 2 is 2.16 bits per heavy atom. The number of hydrogen-bond donors (Lipinski definition) is 3. The van der Waals surface area contributed by atoms with Crippen molar-refractivity contribution < 1.29 is 9.90 Å². The van der Waals surface area contributed by atoms with Crippen LogP contribution in [-0.2, 0) is 4.79 Å². The fourth-order valence-electron chi connectivity index (χ4n) is 1.49. The first-order valence-corrected chi connectivity index (χ1v) is 6.71. The number of anilines is 1. The molecule has 0 fully saturated rings. The quantitative estimate of drug-likeness (QED) is 0.751. The number of rotatable bonds is 6. The van der Waals surface area contributed by atoms with Crippen molar-refractivity contribution in [2.24, 2.45) is 0 Å². The van der Waals surface area contributed by atoms with Crippen molar-refractivity contribution in [2.45, 2.75) is 32.8 Å². The SMILES string of the molecule is CCC(C)(O)CNCC(=O)Nc1cc(Cl)ccc1C. The van der Waals surface area contributed by atoms with Crippen LogP contribution in [0.25, 0.3) is 0 Å². The average Bonchev–Trinajstić information content (AvgIpc) is 2.33. The molecule has 0 saturated carbocycles. The van der Waals surface area contributed by atoms with Gasteiger partial charge in [0.1, 0.15) is 0 Å². The third-order valence-electron chi connectivity index (χ3n) is 3.03. The lowest BCUT2D eigenvalue weighted by Crippen LogP contribution is -2.40. The molecule has 106 valence electrons. The number of aliphatic hydroxyl groups is 1. The molecule has 0 heterocycles. The summed E-state index contributed by atoms with van der Waals surface area (Å²) >= 11 is 5.88. The smallest absolute Gasteiger partial charge is 0.238 e. The van der Waals surface area contributed by atoms with E-state index in [0.717, 1.165) is 5.56 Å². The van der Waals surface area contributed by atoms with Crippen LogP contribution in [0.1, 0.15) is 25.8 Å². The Labute approximate surface area is 119 Å². The van der Waals surface area contributed by atoms with E-state index in [1.165, 1.54) is 0 Å². The van der Waals surface area contributed by atoms with E-state index in [4.69, 9.17) is 11.6 Å². The molecule has 0 aliphatic heterocycles. The molecule has 5 heteroatoms. The van der Waals surface area contributed by atoms with Crippen LogP contribution >= 0.6 is 11.6 Å². The second kappa shape index (κ2) is 6.89. The summed E-state index contributed by atoms with van der Waals surface area (Å²) in [6.45, 7) is 6.07. The Balaban J connectivity index is 2.45. The molecular weight excluding hydrogens is 264 g/mol. The third-order valence-corrected chi connectivity index (χ3v) is 3.26. The predicted octanol–water partition coefficient (Wildman–Crippen LogP) is 2.34. The maximum Gasteiger partial charge on any atom is 0.238 e. The average molecular weight is 285 g/mol. The maximum absolute atomic E-state index is 11.8. The van der Waals surface area contributed by atoms with Crippen LogP contribution in [0.15, 0.2) is 18.2 Å². The number of amides is 1. The minimum absolute atomic E-state index is 0.155. The number of aryl methyl sites for hydroxylation is 1. The van der Waals surface area contributed by atoms with Crippen molar-refractivity contribution in [1.29, 1.82) is 0 Å². The molecule has 0 spiro atoms. The van der Waals surface area contributed by atoms with E-state index in [9.17, 15) is 9.90 Å². The van der Waals surface area contributed by atoms with Gasteiger partial charge < -0.3 is 15.7 Å². The fraction of sp³-hybridized carbons (Fsp3) is 0.500. The number of halogens is 1. The van der Waals surface area contributed by atoms with Crippen molar-refractivity contribution in [2.75, 3.05) is 18.4 Å². The van der Waals surface area contributed by atoms with Crippen LogP contribution in [0.5, 0.6) is 0 Å². The molecule has 1 unspecified atom stereocenters. The third kappa shape index (κ3) is 5.59. The Kier molecular flexibility index (Phi) is 5.79. The zero-order chi connectivity index (χ0) is 14.5. The fourth-order valence-corrected chi connectivity index (χ4v) is 1.67. The molecule has 0 aromatic heterocycles. The summed E-state index contributed by atoms with van der Waals surface area (Å²) < 4.78 is 0. The van der Waals surface area contributed by atoms with Gasteiger partial charge in [-0.15, -0.1) is 0 Å². The van der Waals surface area contributed by atoms with Gasteiger partial charge in [-0.3, -0.25) is 4.79 Å². The highest BCUT2D eigenvalue weighted by molar-refractivity contribution is 6.31. The first-order valence-electron chi connectivity index (χ1n) is 6.33. The summed E-state index contributed by atoms with van der Waals surface area (Å²) in [6, 6.07) is 5.35. The second-order valence-electron chi connectivity index (χ2n) is 4.96. The predicted molar refractivity (Wildman–Crippen MR) is 78.6 cm³/mol. The van der Waals surface area contributed by atoms with E-state index in [-0.39, 0.29) is 12.5 Å². The van der Waals surface area contributed by atoms with Gasteiger partial charge >= 0.3 is 0 Å². The van der Waals surface area contributed by atoms with E-state index in [2.05, 4.69) is 10.6 Å². The summed E-state index contributed by atoms with van der Waals surface area (Å²) in [5, 5.41) is 16.1. The van der Waals surface area contributed by atoms with Crippen LogP contribution < -0.4 is 10.6 Å². The van der Waals surface area contributed by atoms with Gasteiger partial charge in [-0.25, -0.2) is 0 Å². The van der Waals surface area contributed by atoms with Crippen molar-refractivity contribution in [3.05, 3.63) is 28.8 Å². The Hall–Kier alpha value is -1.10. The molecule has 1 aromatic rings. The molecule has 0 aliphatic carbocycles. The molecule has 0 bridgehead atoms. The summed E-state index contributed by atoms with van der Waals surface area (Å²) in [5.74, 6) is -0.155. The number of carbonyl (C=O) groups excluding carboxylic acids is 1. The number of nitrogens with one attached hydrogen (secondary N) is 2. The van der Waals surface area contributed by atoms with Crippen molar-refractivity contribution in [1.82, 2.24) is 5.32 Å². The zero-order valence-electron chi connectivity index (χ0n) is 11.6. The maximum atomic E-state index is 11.8. The van der Waals surface area contributed by atoms with Gasteiger partial charge in [0.15, 0.2) is 0 Å². The Morgan fingerprint density at radius 3 is 2.79 bits per heavy atom. The molecule has 4 nitrogen and oxygen atoms in total. The van der Waals surface area contributed by atoms with Crippen LogP contribution in [-0.4, -0.2) is 29.7 Å². The Morgan fingerprint density at radius 1 is 1.47 bits per heavy atom. The normalized spacial score (nSPS) is 13.9. The van der Waals surface area contributed by atoms with E-state index in [1.807, 2.05) is 19.9 Å². The molecular formula is C14H21ClN2O2. The summed E-state index contributed by atoms with van der Waals surface area (Å²) in [5.41, 5.74) is 0.881. The first-order chi connectivity index (χ1) is 8.84. The first kappa shape index (κ1) is 16.0. The number of carbonyl (C=O) groups is 1. The summed E-state index contributed by atoms with van der Waals surface area (Å²) in [4.78, 5) is 11.8. The van der Waals surface area contributed by atoms with Gasteiger partial charge in [-0.05, 0) is 38.0 Å². The molecule has 19 heavy (non-hydrogen) atoms. The van der Waals surface area contributed by atoms with Crippen LogP contribution in [0.4, 0.5) is 5.69 Å². The van der Waals surface area contributed by atoms with Gasteiger partial charge in [0.25, 0.3) is 0 Å². The van der Waals surface area contributed by atoms with E-state index in [1.54, 1.807) is 19.1 Å². The van der Waals surface area contributed by atoms with Crippen LogP contribution in [0.3, 0.4) is 0 Å². The Bertz CT molecular complexity index is 447. The minimum Gasteiger partial charge on any atom is -0.389 e. The minimum atomic E-state index is -0.785. The standard InChI is InChI=1S/C14H21ClN2O2/c1-4-14(3,19)9-16-8-13(18)17-12-7-11(15)6-5-10(12)2/h5-7,16,19H,4,8-9H2,1-3H3,(H,17,18). The molecule has 0 radical (unpaired) electrons. The largest absolute Gasteiger partial charge is 0.389 e. The van der Waals surface area contributed by atoms with Gasteiger partial charge in [0.05, 0.1) is 12.1 Å². The number of hydrogen-bond acceptors (Lipinski definition) is 3. The van der Waals surface area contributed by atoms with Gasteiger partial charge in [0, 0.05) is 17.3 Å². The molecule has 1 atom stereocenters. The molecule has 1 aromatic carbocycles. The number of benzene rings is 1.